The highest BCUT2D eigenvalue weighted by molar-refractivity contribution is 5.86. The lowest BCUT2D eigenvalue weighted by atomic mass is 9.91. The maximum Gasteiger partial charge on any atom is 0.256 e. The highest BCUT2D eigenvalue weighted by Crippen LogP contribution is 2.33. The molecule has 1 amide bonds. The van der Waals surface area contributed by atoms with E-state index in [1.807, 2.05) is 30.3 Å². The number of piperidine rings is 1. The number of methoxy groups -OCH3 is 2. The summed E-state index contributed by atoms with van der Waals surface area (Å²) in [6.07, 6.45) is 1.21. The fourth-order valence-electron chi connectivity index (χ4n) is 3.88. The van der Waals surface area contributed by atoms with Crippen molar-refractivity contribution in [2.24, 2.45) is 0 Å². The first kappa shape index (κ1) is 21.1. The maximum absolute atomic E-state index is 13.1. The molecule has 0 aromatic heterocycles. The molecule has 156 valence electrons. The standard InChI is InChI=1S/C23H30N2O4/c1-17-8-4-5-9-18(17)14-24-16-23(27)12-7-13-25(22(23)26)15-19-10-6-11-20(28-2)21(19)29-3/h4-6,8-11,24,27H,7,12-16H2,1-3H3/t23-/m0/s1. The number of benzene rings is 2. The molecule has 3 rings (SSSR count). The fourth-order valence-corrected chi connectivity index (χ4v) is 3.88. The van der Waals surface area contributed by atoms with E-state index in [1.165, 1.54) is 5.56 Å². The summed E-state index contributed by atoms with van der Waals surface area (Å²) in [5, 5.41) is 14.3. The zero-order chi connectivity index (χ0) is 20.9. The van der Waals surface area contributed by atoms with E-state index >= 15 is 0 Å². The number of aliphatic hydroxyl groups is 1. The topological polar surface area (TPSA) is 71.0 Å². The summed E-state index contributed by atoms with van der Waals surface area (Å²) in [5.74, 6) is 1.00. The number of amides is 1. The Balaban J connectivity index is 1.67. The van der Waals surface area contributed by atoms with Crippen LogP contribution in [0.1, 0.15) is 29.5 Å². The number of nitrogens with one attached hydrogen (secondary N) is 1. The fraction of sp³-hybridized carbons (Fsp3) is 0.435. The Bertz CT molecular complexity index is 855. The van der Waals surface area contributed by atoms with E-state index in [2.05, 4.69) is 24.4 Å². The number of para-hydroxylation sites is 1. The second-order valence-electron chi connectivity index (χ2n) is 7.54. The number of rotatable bonds is 8. The number of nitrogens with zero attached hydrogens (tertiary/aromatic N) is 1. The summed E-state index contributed by atoms with van der Waals surface area (Å²) in [6.45, 7) is 3.89. The van der Waals surface area contributed by atoms with Gasteiger partial charge in [-0.05, 0) is 37.0 Å². The average Bonchev–Trinajstić information content (AvgIpc) is 2.72. The molecule has 1 aliphatic rings. The van der Waals surface area contributed by atoms with Gasteiger partial charge in [0.2, 0.25) is 0 Å². The van der Waals surface area contributed by atoms with Crippen LogP contribution in [0.25, 0.3) is 0 Å². The molecule has 29 heavy (non-hydrogen) atoms. The quantitative estimate of drug-likeness (QED) is 0.715. The number of aryl methyl sites for hydroxylation is 1. The van der Waals surface area contributed by atoms with Crippen molar-refractivity contribution in [3.05, 3.63) is 59.2 Å². The summed E-state index contributed by atoms with van der Waals surface area (Å²) in [5.41, 5.74) is 1.82. The summed E-state index contributed by atoms with van der Waals surface area (Å²) >= 11 is 0. The van der Waals surface area contributed by atoms with Crippen LogP contribution in [-0.2, 0) is 17.9 Å². The Labute approximate surface area is 172 Å². The summed E-state index contributed by atoms with van der Waals surface area (Å²) < 4.78 is 10.8. The first-order valence-electron chi connectivity index (χ1n) is 9.95. The minimum absolute atomic E-state index is 0.228. The van der Waals surface area contributed by atoms with Crippen LogP contribution in [0.3, 0.4) is 0 Å². The molecule has 6 heteroatoms. The molecule has 1 aliphatic heterocycles. The third-order valence-corrected chi connectivity index (χ3v) is 5.54. The van der Waals surface area contributed by atoms with Crippen molar-refractivity contribution in [2.75, 3.05) is 27.3 Å². The van der Waals surface area contributed by atoms with E-state index in [9.17, 15) is 9.90 Å². The molecule has 2 aromatic carbocycles. The Morgan fingerprint density at radius 3 is 2.59 bits per heavy atom. The molecule has 1 heterocycles. The van der Waals surface area contributed by atoms with Gasteiger partial charge in [0, 0.05) is 31.7 Å². The minimum atomic E-state index is -1.40. The molecule has 0 spiro atoms. The van der Waals surface area contributed by atoms with Crippen molar-refractivity contribution in [1.29, 1.82) is 0 Å². The van der Waals surface area contributed by atoms with Crippen LogP contribution in [0.5, 0.6) is 11.5 Å². The van der Waals surface area contributed by atoms with E-state index in [0.717, 1.165) is 17.5 Å². The van der Waals surface area contributed by atoms with Gasteiger partial charge in [-0.1, -0.05) is 36.4 Å². The van der Waals surface area contributed by atoms with Crippen LogP contribution in [0.15, 0.2) is 42.5 Å². The number of hydrogen-bond acceptors (Lipinski definition) is 5. The Morgan fingerprint density at radius 2 is 1.86 bits per heavy atom. The predicted octanol–water partition coefficient (Wildman–Crippen LogP) is 2.66. The van der Waals surface area contributed by atoms with Gasteiger partial charge in [0.25, 0.3) is 5.91 Å². The van der Waals surface area contributed by atoms with Crippen LogP contribution >= 0.6 is 0 Å². The third kappa shape index (κ3) is 4.71. The van der Waals surface area contributed by atoms with Gasteiger partial charge >= 0.3 is 0 Å². The number of carbonyl (C=O) groups is 1. The Morgan fingerprint density at radius 1 is 1.10 bits per heavy atom. The molecule has 2 aromatic rings. The van der Waals surface area contributed by atoms with Crippen molar-refractivity contribution >= 4 is 5.91 Å². The Hall–Kier alpha value is -2.57. The predicted molar refractivity (Wildman–Crippen MR) is 112 cm³/mol. The van der Waals surface area contributed by atoms with Gasteiger partial charge in [0.05, 0.1) is 14.2 Å². The monoisotopic (exact) mass is 398 g/mol. The molecule has 1 atom stereocenters. The lowest BCUT2D eigenvalue weighted by Gasteiger charge is -2.38. The van der Waals surface area contributed by atoms with Crippen molar-refractivity contribution in [3.8, 4) is 11.5 Å². The first-order valence-corrected chi connectivity index (χ1v) is 9.95. The molecule has 0 unspecified atom stereocenters. The van der Waals surface area contributed by atoms with Gasteiger partial charge in [-0.15, -0.1) is 0 Å². The number of hydrogen-bond donors (Lipinski definition) is 2. The normalized spacial score (nSPS) is 19.3. The van der Waals surface area contributed by atoms with Crippen LogP contribution in [0.2, 0.25) is 0 Å². The van der Waals surface area contributed by atoms with Crippen LogP contribution in [0, 0.1) is 6.92 Å². The molecule has 1 fully saturated rings. The zero-order valence-electron chi connectivity index (χ0n) is 17.4. The number of likely N-dealkylation sites (tertiary alicyclic amines) is 1. The minimum Gasteiger partial charge on any atom is -0.493 e. The molecule has 0 radical (unpaired) electrons. The molecular weight excluding hydrogens is 368 g/mol. The van der Waals surface area contributed by atoms with E-state index in [0.29, 0.717) is 37.6 Å². The molecule has 1 saturated heterocycles. The van der Waals surface area contributed by atoms with Gasteiger partial charge < -0.3 is 24.8 Å². The van der Waals surface area contributed by atoms with Crippen LogP contribution < -0.4 is 14.8 Å². The lowest BCUT2D eigenvalue weighted by Crippen LogP contribution is -2.57. The number of carbonyl (C=O) groups excluding carboxylic acids is 1. The van der Waals surface area contributed by atoms with Crippen LogP contribution in [0.4, 0.5) is 0 Å². The molecule has 2 N–H and O–H groups in total. The van der Waals surface area contributed by atoms with Gasteiger partial charge in [-0.25, -0.2) is 0 Å². The smallest absolute Gasteiger partial charge is 0.256 e. The van der Waals surface area contributed by atoms with Gasteiger partial charge in [0.15, 0.2) is 17.1 Å². The highest BCUT2D eigenvalue weighted by Gasteiger charge is 2.42. The van der Waals surface area contributed by atoms with Gasteiger partial charge in [0.1, 0.15) is 0 Å². The molecule has 0 aliphatic carbocycles. The van der Waals surface area contributed by atoms with Crippen molar-refractivity contribution in [1.82, 2.24) is 10.2 Å². The number of ether oxygens (including phenoxy) is 2. The van der Waals surface area contributed by atoms with E-state index < -0.39 is 5.60 Å². The highest BCUT2D eigenvalue weighted by atomic mass is 16.5. The summed E-state index contributed by atoms with van der Waals surface area (Å²) in [6, 6.07) is 13.7. The van der Waals surface area contributed by atoms with Crippen molar-refractivity contribution in [3.63, 3.8) is 0 Å². The van der Waals surface area contributed by atoms with E-state index in [1.54, 1.807) is 19.1 Å². The average molecular weight is 399 g/mol. The largest absolute Gasteiger partial charge is 0.493 e. The second kappa shape index (κ2) is 9.29. The van der Waals surface area contributed by atoms with E-state index in [4.69, 9.17) is 9.47 Å². The lowest BCUT2D eigenvalue weighted by molar-refractivity contribution is -0.157. The molecular formula is C23H30N2O4. The van der Waals surface area contributed by atoms with Gasteiger partial charge in [-0.3, -0.25) is 4.79 Å². The van der Waals surface area contributed by atoms with Crippen molar-refractivity contribution < 1.29 is 19.4 Å². The SMILES string of the molecule is COc1cccc(CN2CCC[C@](O)(CNCc3ccccc3C)C2=O)c1OC. The molecule has 0 saturated carbocycles. The second-order valence-corrected chi connectivity index (χ2v) is 7.54. The summed E-state index contributed by atoms with van der Waals surface area (Å²) in [7, 11) is 3.18. The van der Waals surface area contributed by atoms with Gasteiger partial charge in [-0.2, -0.15) is 0 Å². The molecule has 6 nitrogen and oxygen atoms in total. The third-order valence-electron chi connectivity index (χ3n) is 5.54. The molecule has 0 bridgehead atoms. The van der Waals surface area contributed by atoms with Crippen molar-refractivity contribution in [2.45, 2.75) is 38.5 Å². The first-order chi connectivity index (χ1) is 14.0. The zero-order valence-corrected chi connectivity index (χ0v) is 17.4. The van der Waals surface area contributed by atoms with E-state index in [-0.39, 0.29) is 12.5 Å². The Kier molecular flexibility index (Phi) is 6.77. The summed E-state index contributed by atoms with van der Waals surface area (Å²) in [4.78, 5) is 14.8. The maximum atomic E-state index is 13.1. The van der Waals surface area contributed by atoms with Crippen LogP contribution in [-0.4, -0.2) is 48.8 Å².